The Morgan fingerprint density at radius 2 is 2.00 bits per heavy atom. The first kappa shape index (κ1) is 10.9. The van der Waals surface area contributed by atoms with Crippen molar-refractivity contribution in [2.45, 2.75) is 33.3 Å². The molecule has 70 valence electrons. The Labute approximate surface area is 71.8 Å². The number of ether oxygens (including phenoxy) is 2. The van der Waals surface area contributed by atoms with E-state index in [1.54, 1.807) is 6.92 Å². The third kappa shape index (κ3) is 5.70. The zero-order valence-corrected chi connectivity index (χ0v) is 7.62. The lowest BCUT2D eigenvalue weighted by Crippen LogP contribution is -2.19. The summed E-state index contributed by atoms with van der Waals surface area (Å²) in [5, 5.41) is 0. The third-order valence-corrected chi connectivity index (χ3v) is 1.30. The summed E-state index contributed by atoms with van der Waals surface area (Å²) >= 11 is 0. The molecular formula is C8H14O4. The summed E-state index contributed by atoms with van der Waals surface area (Å²) < 4.78 is 9.27. The molecule has 0 aromatic carbocycles. The SMILES string of the molecule is CCC(C)OC(=O)COC(C)=O. The van der Waals surface area contributed by atoms with Gasteiger partial charge in [-0.15, -0.1) is 0 Å². The second-order valence-corrected chi connectivity index (χ2v) is 2.49. The highest BCUT2D eigenvalue weighted by Gasteiger charge is 2.08. The number of esters is 2. The molecule has 0 saturated heterocycles. The van der Waals surface area contributed by atoms with Gasteiger partial charge in [0.05, 0.1) is 6.10 Å². The fourth-order valence-corrected chi connectivity index (χ4v) is 0.502. The molecule has 0 rings (SSSR count). The summed E-state index contributed by atoms with van der Waals surface area (Å²) in [6, 6.07) is 0. The molecule has 0 spiro atoms. The highest BCUT2D eigenvalue weighted by atomic mass is 16.6. The first-order chi connectivity index (χ1) is 5.56. The summed E-state index contributed by atoms with van der Waals surface area (Å²) in [4.78, 5) is 21.1. The summed E-state index contributed by atoms with van der Waals surface area (Å²) in [7, 11) is 0. The van der Waals surface area contributed by atoms with Gasteiger partial charge in [0, 0.05) is 6.92 Å². The fourth-order valence-electron chi connectivity index (χ4n) is 0.502. The molecule has 0 saturated carbocycles. The zero-order chi connectivity index (χ0) is 9.56. The number of hydrogen-bond donors (Lipinski definition) is 0. The summed E-state index contributed by atoms with van der Waals surface area (Å²) in [5.74, 6) is -0.976. The molecule has 0 bridgehead atoms. The molecule has 0 aromatic heterocycles. The van der Waals surface area contributed by atoms with Crippen molar-refractivity contribution in [3.8, 4) is 0 Å². The van der Waals surface area contributed by atoms with E-state index >= 15 is 0 Å². The highest BCUT2D eigenvalue weighted by molar-refractivity contribution is 5.75. The molecule has 0 radical (unpaired) electrons. The monoisotopic (exact) mass is 174 g/mol. The predicted octanol–water partition coefficient (Wildman–Crippen LogP) is 0.891. The van der Waals surface area contributed by atoms with Crippen molar-refractivity contribution in [2.75, 3.05) is 6.61 Å². The maximum Gasteiger partial charge on any atom is 0.344 e. The summed E-state index contributed by atoms with van der Waals surface area (Å²) in [6.45, 7) is 4.64. The average Bonchev–Trinajstić information content (AvgIpc) is 2.00. The van der Waals surface area contributed by atoms with Gasteiger partial charge >= 0.3 is 11.9 Å². The van der Waals surface area contributed by atoms with Crippen molar-refractivity contribution in [3.05, 3.63) is 0 Å². The van der Waals surface area contributed by atoms with Crippen molar-refractivity contribution in [2.24, 2.45) is 0 Å². The Hall–Kier alpha value is -1.06. The van der Waals surface area contributed by atoms with Gasteiger partial charge in [-0.1, -0.05) is 6.92 Å². The van der Waals surface area contributed by atoms with Gasteiger partial charge in [-0.25, -0.2) is 4.79 Å². The van der Waals surface area contributed by atoms with Crippen LogP contribution in [-0.2, 0) is 19.1 Å². The molecule has 1 atom stereocenters. The van der Waals surface area contributed by atoms with Gasteiger partial charge in [0.25, 0.3) is 0 Å². The number of carbonyl (C=O) groups excluding carboxylic acids is 2. The molecule has 0 heterocycles. The Morgan fingerprint density at radius 1 is 1.42 bits per heavy atom. The van der Waals surface area contributed by atoms with Crippen LogP contribution in [0.3, 0.4) is 0 Å². The molecular weight excluding hydrogens is 160 g/mol. The van der Waals surface area contributed by atoms with E-state index < -0.39 is 11.9 Å². The molecule has 0 fully saturated rings. The quantitative estimate of drug-likeness (QED) is 0.594. The second kappa shape index (κ2) is 5.57. The van der Waals surface area contributed by atoms with Gasteiger partial charge in [-0.2, -0.15) is 0 Å². The molecule has 1 unspecified atom stereocenters. The van der Waals surface area contributed by atoms with Gasteiger partial charge in [0.1, 0.15) is 0 Å². The minimum atomic E-state index is -0.500. The molecule has 0 aliphatic heterocycles. The lowest BCUT2D eigenvalue weighted by Gasteiger charge is -2.09. The predicted molar refractivity (Wildman–Crippen MR) is 42.5 cm³/mol. The molecule has 0 aliphatic carbocycles. The van der Waals surface area contributed by atoms with Crippen molar-refractivity contribution in [3.63, 3.8) is 0 Å². The van der Waals surface area contributed by atoms with E-state index in [4.69, 9.17) is 4.74 Å². The lowest BCUT2D eigenvalue weighted by molar-refractivity contribution is -0.160. The normalized spacial score (nSPS) is 11.9. The molecule has 0 amide bonds. The Bertz CT molecular complexity index is 164. The largest absolute Gasteiger partial charge is 0.460 e. The molecule has 0 aromatic rings. The average molecular weight is 174 g/mol. The highest BCUT2D eigenvalue weighted by Crippen LogP contribution is 1.96. The van der Waals surface area contributed by atoms with E-state index in [1.165, 1.54) is 6.92 Å². The summed E-state index contributed by atoms with van der Waals surface area (Å²) in [6.07, 6.45) is 0.638. The first-order valence-electron chi connectivity index (χ1n) is 3.89. The number of hydrogen-bond acceptors (Lipinski definition) is 4. The maximum absolute atomic E-state index is 10.8. The lowest BCUT2D eigenvalue weighted by atomic mass is 10.3. The van der Waals surface area contributed by atoms with Crippen LogP contribution >= 0.6 is 0 Å². The van der Waals surface area contributed by atoms with Crippen molar-refractivity contribution < 1.29 is 19.1 Å². The number of rotatable bonds is 4. The first-order valence-corrected chi connectivity index (χ1v) is 3.89. The van der Waals surface area contributed by atoms with Crippen LogP contribution in [0.5, 0.6) is 0 Å². The van der Waals surface area contributed by atoms with Crippen LogP contribution in [0.25, 0.3) is 0 Å². The van der Waals surface area contributed by atoms with Crippen molar-refractivity contribution in [1.29, 1.82) is 0 Å². The van der Waals surface area contributed by atoms with Gasteiger partial charge in [-0.05, 0) is 13.3 Å². The van der Waals surface area contributed by atoms with Crippen LogP contribution in [0.2, 0.25) is 0 Å². The number of carbonyl (C=O) groups is 2. The zero-order valence-electron chi connectivity index (χ0n) is 7.62. The van der Waals surface area contributed by atoms with Crippen LogP contribution in [0.1, 0.15) is 27.2 Å². The molecule has 12 heavy (non-hydrogen) atoms. The van der Waals surface area contributed by atoms with E-state index in [9.17, 15) is 9.59 Å². The minimum Gasteiger partial charge on any atom is -0.460 e. The van der Waals surface area contributed by atoms with Gasteiger partial charge in [-0.3, -0.25) is 4.79 Å². The van der Waals surface area contributed by atoms with Crippen LogP contribution in [0, 0.1) is 0 Å². The van der Waals surface area contributed by atoms with E-state index in [-0.39, 0.29) is 12.7 Å². The Balaban J connectivity index is 3.53. The Kier molecular flexibility index (Phi) is 5.08. The maximum atomic E-state index is 10.8. The standard InChI is InChI=1S/C8H14O4/c1-4-6(2)12-8(10)5-11-7(3)9/h6H,4-5H2,1-3H3. The van der Waals surface area contributed by atoms with Crippen LogP contribution in [-0.4, -0.2) is 24.6 Å². The van der Waals surface area contributed by atoms with Gasteiger partial charge < -0.3 is 9.47 Å². The Morgan fingerprint density at radius 3 is 2.42 bits per heavy atom. The van der Waals surface area contributed by atoms with Crippen molar-refractivity contribution >= 4 is 11.9 Å². The fraction of sp³-hybridized carbons (Fsp3) is 0.750. The van der Waals surface area contributed by atoms with E-state index in [1.807, 2.05) is 6.92 Å². The van der Waals surface area contributed by atoms with E-state index in [2.05, 4.69) is 4.74 Å². The second-order valence-electron chi connectivity index (χ2n) is 2.49. The van der Waals surface area contributed by atoms with Gasteiger partial charge in [0.15, 0.2) is 6.61 Å². The molecule has 0 N–H and O–H groups in total. The molecule has 4 nitrogen and oxygen atoms in total. The van der Waals surface area contributed by atoms with E-state index in [0.29, 0.717) is 0 Å². The van der Waals surface area contributed by atoms with Crippen LogP contribution < -0.4 is 0 Å². The smallest absolute Gasteiger partial charge is 0.344 e. The van der Waals surface area contributed by atoms with Gasteiger partial charge in [0.2, 0.25) is 0 Å². The topological polar surface area (TPSA) is 52.6 Å². The van der Waals surface area contributed by atoms with E-state index in [0.717, 1.165) is 6.42 Å². The minimum absolute atomic E-state index is 0.118. The van der Waals surface area contributed by atoms with Crippen LogP contribution in [0.4, 0.5) is 0 Å². The molecule has 4 heteroatoms. The van der Waals surface area contributed by atoms with Crippen molar-refractivity contribution in [1.82, 2.24) is 0 Å². The van der Waals surface area contributed by atoms with Crippen LogP contribution in [0.15, 0.2) is 0 Å². The summed E-state index contributed by atoms with van der Waals surface area (Å²) in [5.41, 5.74) is 0. The molecule has 0 aliphatic rings. The third-order valence-electron chi connectivity index (χ3n) is 1.30.